The van der Waals surface area contributed by atoms with Crippen molar-refractivity contribution in [2.75, 3.05) is 5.75 Å². The number of hydrogen-bond acceptors (Lipinski definition) is 3. The Hall–Kier alpha value is -2.54. The zero-order chi connectivity index (χ0) is 20.7. The van der Waals surface area contributed by atoms with Crippen LogP contribution in [0, 0.1) is 6.92 Å². The van der Waals surface area contributed by atoms with Crippen LogP contribution in [0.4, 0.5) is 0 Å². The van der Waals surface area contributed by atoms with Crippen molar-refractivity contribution in [2.45, 2.75) is 22.8 Å². The Morgan fingerprint density at radius 2 is 1.48 bits per heavy atom. The molecule has 0 spiro atoms. The molecule has 0 amide bonds. The van der Waals surface area contributed by atoms with Crippen molar-refractivity contribution >= 4 is 20.8 Å². The maximum Gasteiger partial charge on any atom is 0.241 e. The molecule has 0 aromatic heterocycles. The van der Waals surface area contributed by atoms with Gasteiger partial charge in [-0.3, -0.25) is 4.21 Å². The van der Waals surface area contributed by atoms with Gasteiger partial charge in [0.05, 0.1) is 21.7 Å². The molecule has 150 valence electrons. The van der Waals surface area contributed by atoms with Gasteiger partial charge in [-0.2, -0.15) is 4.72 Å². The van der Waals surface area contributed by atoms with E-state index in [1.807, 2.05) is 67.6 Å². The fourth-order valence-corrected chi connectivity index (χ4v) is 4.90. The molecule has 0 saturated heterocycles. The molecule has 0 aliphatic carbocycles. The van der Waals surface area contributed by atoms with E-state index in [0.717, 1.165) is 16.0 Å². The molecule has 0 aliphatic heterocycles. The van der Waals surface area contributed by atoms with Gasteiger partial charge in [-0.25, -0.2) is 8.42 Å². The van der Waals surface area contributed by atoms with E-state index in [1.54, 1.807) is 36.4 Å². The van der Waals surface area contributed by atoms with E-state index in [-0.39, 0.29) is 4.90 Å². The highest BCUT2D eigenvalue weighted by Gasteiger charge is 2.19. The lowest BCUT2D eigenvalue weighted by atomic mass is 10.1. The Bertz CT molecular complexity index is 1080. The van der Waals surface area contributed by atoms with E-state index in [0.29, 0.717) is 5.75 Å². The van der Waals surface area contributed by atoms with Crippen molar-refractivity contribution in [1.29, 1.82) is 0 Å². The summed E-state index contributed by atoms with van der Waals surface area (Å²) in [6, 6.07) is 24.7. The molecule has 0 aliphatic rings. The van der Waals surface area contributed by atoms with E-state index in [4.69, 9.17) is 0 Å². The topological polar surface area (TPSA) is 63.2 Å². The van der Waals surface area contributed by atoms with Crippen molar-refractivity contribution in [3.05, 3.63) is 108 Å². The first kappa shape index (κ1) is 21.2. The predicted octanol–water partition coefficient (Wildman–Crippen LogP) is 4.38. The lowest BCUT2D eigenvalue weighted by Gasteiger charge is -2.16. The molecule has 0 bridgehead atoms. The molecule has 3 aromatic rings. The van der Waals surface area contributed by atoms with Crippen LogP contribution in [0.15, 0.2) is 107 Å². The van der Waals surface area contributed by atoms with Crippen LogP contribution in [0.5, 0.6) is 0 Å². The summed E-state index contributed by atoms with van der Waals surface area (Å²) >= 11 is 0. The minimum atomic E-state index is -3.70. The van der Waals surface area contributed by atoms with E-state index >= 15 is 0 Å². The van der Waals surface area contributed by atoms with E-state index in [1.165, 1.54) is 0 Å². The number of aryl methyl sites for hydroxylation is 1. The number of sulfonamides is 1. The average molecular weight is 426 g/mol. The third-order valence-corrected chi connectivity index (χ3v) is 7.10. The maximum atomic E-state index is 12.8. The first-order valence-electron chi connectivity index (χ1n) is 9.20. The van der Waals surface area contributed by atoms with Gasteiger partial charge in [0.2, 0.25) is 10.0 Å². The van der Waals surface area contributed by atoms with Crippen LogP contribution in [-0.2, 0) is 20.8 Å². The molecule has 0 saturated carbocycles. The van der Waals surface area contributed by atoms with Crippen molar-refractivity contribution in [3.8, 4) is 0 Å². The van der Waals surface area contributed by atoms with Gasteiger partial charge in [-0.1, -0.05) is 78.4 Å². The zero-order valence-electron chi connectivity index (χ0n) is 16.1. The van der Waals surface area contributed by atoms with Gasteiger partial charge in [0.25, 0.3) is 0 Å². The number of hydrogen-bond donors (Lipinski definition) is 1. The quantitative estimate of drug-likeness (QED) is 0.545. The van der Waals surface area contributed by atoms with Crippen molar-refractivity contribution in [2.24, 2.45) is 0 Å². The summed E-state index contributed by atoms with van der Waals surface area (Å²) in [6.45, 7) is 1.91. The number of rotatable bonds is 8. The van der Waals surface area contributed by atoms with E-state index in [9.17, 15) is 12.6 Å². The molecule has 0 unspecified atom stereocenters. The molecular formula is C23H23NO3S2. The third kappa shape index (κ3) is 5.97. The normalized spacial score (nSPS) is 14.0. The standard InChI is InChI=1S/C23H23NO3S2/c1-19-14-16-22(17-15-19)29(26,27)24-23(20-9-4-2-5-10-20)13-8-18-28(25)21-11-6-3-7-12-21/h2-17,23-24H,18H2,1H3/b13-8-/t23-,28+/m0/s1. The number of nitrogens with one attached hydrogen (secondary N) is 1. The van der Waals surface area contributed by atoms with Gasteiger partial charge in [-0.05, 0) is 36.8 Å². The molecule has 3 aromatic carbocycles. The van der Waals surface area contributed by atoms with Crippen molar-refractivity contribution in [1.82, 2.24) is 4.72 Å². The summed E-state index contributed by atoms with van der Waals surface area (Å²) in [5.74, 6) is 0.305. The third-order valence-electron chi connectivity index (χ3n) is 4.35. The maximum absolute atomic E-state index is 12.8. The van der Waals surface area contributed by atoms with Gasteiger partial charge in [-0.15, -0.1) is 0 Å². The van der Waals surface area contributed by atoms with E-state index < -0.39 is 26.9 Å². The minimum Gasteiger partial charge on any atom is -0.254 e. The highest BCUT2D eigenvalue weighted by atomic mass is 32.2. The van der Waals surface area contributed by atoms with Gasteiger partial charge in [0.1, 0.15) is 0 Å². The Balaban J connectivity index is 1.80. The van der Waals surface area contributed by atoms with Crippen LogP contribution in [0.3, 0.4) is 0 Å². The predicted molar refractivity (Wildman–Crippen MR) is 118 cm³/mol. The van der Waals surface area contributed by atoms with Crippen molar-refractivity contribution < 1.29 is 12.6 Å². The van der Waals surface area contributed by atoms with Crippen LogP contribution >= 0.6 is 0 Å². The van der Waals surface area contributed by atoms with Gasteiger partial charge in [0, 0.05) is 10.6 Å². The van der Waals surface area contributed by atoms with Gasteiger partial charge in [0.15, 0.2) is 0 Å². The highest BCUT2D eigenvalue weighted by molar-refractivity contribution is 7.89. The lowest BCUT2D eigenvalue weighted by Crippen LogP contribution is -2.27. The second-order valence-corrected chi connectivity index (χ2v) is 9.79. The van der Waals surface area contributed by atoms with Gasteiger partial charge < -0.3 is 0 Å². The summed E-state index contributed by atoms with van der Waals surface area (Å²) in [4.78, 5) is 0.957. The fraction of sp³-hybridized carbons (Fsp3) is 0.130. The minimum absolute atomic E-state index is 0.213. The first-order chi connectivity index (χ1) is 14.0. The summed E-state index contributed by atoms with van der Waals surface area (Å²) in [5.41, 5.74) is 1.80. The van der Waals surface area contributed by atoms with Crippen LogP contribution in [0.25, 0.3) is 0 Å². The molecule has 3 rings (SSSR count). The zero-order valence-corrected chi connectivity index (χ0v) is 17.7. The van der Waals surface area contributed by atoms with Crippen LogP contribution in [-0.4, -0.2) is 18.4 Å². The Kier molecular flexibility index (Phi) is 7.14. The highest BCUT2D eigenvalue weighted by Crippen LogP contribution is 2.19. The molecule has 0 heterocycles. The Morgan fingerprint density at radius 3 is 2.10 bits per heavy atom. The van der Waals surface area contributed by atoms with Crippen molar-refractivity contribution in [3.63, 3.8) is 0 Å². The molecule has 1 N–H and O–H groups in total. The molecule has 4 nitrogen and oxygen atoms in total. The smallest absolute Gasteiger partial charge is 0.241 e. The molecular weight excluding hydrogens is 402 g/mol. The monoisotopic (exact) mass is 425 g/mol. The Morgan fingerprint density at radius 1 is 0.897 bits per heavy atom. The van der Waals surface area contributed by atoms with Crippen LogP contribution < -0.4 is 4.72 Å². The van der Waals surface area contributed by atoms with Crippen LogP contribution in [0.1, 0.15) is 17.2 Å². The van der Waals surface area contributed by atoms with Gasteiger partial charge >= 0.3 is 0 Å². The summed E-state index contributed by atoms with van der Waals surface area (Å²) in [6.07, 6.45) is 3.51. The average Bonchev–Trinajstić information content (AvgIpc) is 2.74. The fourth-order valence-electron chi connectivity index (χ4n) is 2.78. The lowest BCUT2D eigenvalue weighted by molar-refractivity contribution is 0.574. The molecule has 6 heteroatoms. The number of benzene rings is 3. The molecule has 2 atom stereocenters. The summed E-state index contributed by atoms with van der Waals surface area (Å²) in [5, 5.41) is 0. The second kappa shape index (κ2) is 9.78. The summed E-state index contributed by atoms with van der Waals surface area (Å²) in [7, 11) is -4.89. The Labute approximate surface area is 174 Å². The van der Waals surface area contributed by atoms with E-state index in [2.05, 4.69) is 4.72 Å². The SMILES string of the molecule is Cc1ccc(S(=O)(=O)N[C@@H](/C=C\C[S@@](=O)c2ccccc2)c2ccccc2)cc1. The largest absolute Gasteiger partial charge is 0.254 e. The summed E-state index contributed by atoms with van der Waals surface area (Å²) < 4.78 is 40.8. The second-order valence-electron chi connectivity index (χ2n) is 6.58. The van der Waals surface area contributed by atoms with Crippen LogP contribution in [0.2, 0.25) is 0 Å². The molecule has 29 heavy (non-hydrogen) atoms. The molecule has 0 radical (unpaired) electrons. The first-order valence-corrected chi connectivity index (χ1v) is 12.0. The molecule has 0 fully saturated rings.